The molecule has 6 aromatic carbocycles. The van der Waals surface area contributed by atoms with Gasteiger partial charge in [0.1, 0.15) is 11.5 Å². The third kappa shape index (κ3) is 3.17. The zero-order valence-electron chi connectivity index (χ0n) is 20.9. The van der Waals surface area contributed by atoms with Crippen LogP contribution in [0.5, 0.6) is 11.5 Å². The van der Waals surface area contributed by atoms with Gasteiger partial charge < -0.3 is 9.30 Å². The average molecular weight is 520 g/mol. The van der Waals surface area contributed by atoms with Gasteiger partial charge in [0.2, 0.25) is 0 Å². The Bertz CT molecular complexity index is 2130. The summed E-state index contributed by atoms with van der Waals surface area (Å²) < 4.78 is 22.5. The number of hydrogen-bond acceptors (Lipinski definition) is 3. The third-order valence-electron chi connectivity index (χ3n) is 7.75. The number of rotatable bonds is 2. The van der Waals surface area contributed by atoms with Crippen molar-refractivity contribution in [2.75, 3.05) is 0 Å². The van der Waals surface area contributed by atoms with E-state index in [0.29, 0.717) is 11.5 Å². The number of aromatic nitrogens is 1. The Hall–Kier alpha value is -4.72. The largest absolute Gasteiger partial charge is 0.455 e. The highest BCUT2D eigenvalue weighted by molar-refractivity contribution is 7.86. The highest BCUT2D eigenvalue weighted by atomic mass is 31.2. The predicted molar refractivity (Wildman–Crippen MR) is 162 cm³/mol. The number of hydrogen-bond donors (Lipinski definition) is 0. The molecule has 0 aliphatic carbocycles. The van der Waals surface area contributed by atoms with Crippen LogP contribution in [0.2, 0.25) is 0 Å². The van der Waals surface area contributed by atoms with Crippen LogP contribution in [0.15, 0.2) is 134 Å². The maximum absolute atomic E-state index is 15.7. The maximum Gasteiger partial charge on any atom is 0.179 e. The molecule has 0 spiro atoms. The van der Waals surface area contributed by atoms with Gasteiger partial charge in [0.05, 0.1) is 16.1 Å². The summed E-state index contributed by atoms with van der Waals surface area (Å²) in [4.78, 5) is 4.66. The van der Waals surface area contributed by atoms with E-state index >= 15 is 4.57 Å². The van der Waals surface area contributed by atoms with E-state index in [1.165, 1.54) is 0 Å². The minimum Gasteiger partial charge on any atom is -0.455 e. The molecule has 1 aliphatic heterocycles. The van der Waals surface area contributed by atoms with E-state index in [1.807, 2.05) is 85.1 Å². The van der Waals surface area contributed by atoms with Gasteiger partial charge in [-0.25, -0.2) is 0 Å². The lowest BCUT2D eigenvalue weighted by molar-refractivity contribution is 0.491. The molecule has 39 heavy (non-hydrogen) atoms. The number of benzene rings is 6. The van der Waals surface area contributed by atoms with Gasteiger partial charge in [-0.05, 0) is 39.9 Å². The van der Waals surface area contributed by atoms with E-state index in [9.17, 15) is 0 Å². The van der Waals surface area contributed by atoms with Crippen molar-refractivity contribution in [2.45, 2.75) is 0 Å². The Kier molecular flexibility index (Phi) is 4.79. The van der Waals surface area contributed by atoms with E-state index in [2.05, 4.69) is 53.5 Å². The summed E-state index contributed by atoms with van der Waals surface area (Å²) in [6.45, 7) is 0. The van der Waals surface area contributed by atoms with E-state index in [1.54, 1.807) is 0 Å². The Morgan fingerprint density at radius 1 is 0.615 bits per heavy atom. The number of pyridine rings is 1. The van der Waals surface area contributed by atoms with Crippen LogP contribution in [0, 0.1) is 0 Å². The lowest BCUT2D eigenvalue weighted by Crippen LogP contribution is -2.31. The Morgan fingerprint density at radius 3 is 2.13 bits per heavy atom. The Labute approximate surface area is 225 Å². The monoisotopic (exact) mass is 519 g/mol. The van der Waals surface area contributed by atoms with Crippen molar-refractivity contribution in [1.29, 1.82) is 0 Å². The molecule has 2 heterocycles. The summed E-state index contributed by atoms with van der Waals surface area (Å²) >= 11 is 0. The van der Waals surface area contributed by atoms with Gasteiger partial charge >= 0.3 is 0 Å². The van der Waals surface area contributed by atoms with Crippen LogP contribution in [-0.4, -0.2) is 4.98 Å². The molecule has 7 aromatic rings. The fraction of sp³-hybridized carbons (Fsp3) is 0. The van der Waals surface area contributed by atoms with Crippen molar-refractivity contribution in [1.82, 2.24) is 4.98 Å². The van der Waals surface area contributed by atoms with Crippen LogP contribution >= 0.6 is 7.14 Å². The van der Waals surface area contributed by atoms with Gasteiger partial charge in [0.25, 0.3) is 0 Å². The number of ether oxygens (including phenoxy) is 1. The SMILES string of the molecule is O=P1(c2ccccc2)c2ccc(-c3cccc4cccnc34)cc2Oc2c1c1ccccc1c1ccccc21. The molecular formula is C35H22NO2P. The van der Waals surface area contributed by atoms with Crippen LogP contribution in [0.3, 0.4) is 0 Å². The fourth-order valence-corrected chi connectivity index (χ4v) is 9.06. The van der Waals surface area contributed by atoms with Crippen LogP contribution in [0.1, 0.15) is 0 Å². The van der Waals surface area contributed by atoms with E-state index in [4.69, 9.17) is 4.74 Å². The second-order valence-corrected chi connectivity index (χ2v) is 12.5. The maximum atomic E-state index is 15.7. The first-order valence-electron chi connectivity index (χ1n) is 13.0. The zero-order chi connectivity index (χ0) is 26.0. The normalized spacial score (nSPS) is 16.1. The fourth-order valence-electron chi connectivity index (χ4n) is 6.00. The third-order valence-corrected chi connectivity index (χ3v) is 10.9. The second kappa shape index (κ2) is 8.39. The molecule has 0 radical (unpaired) electrons. The first-order valence-corrected chi connectivity index (χ1v) is 14.7. The Morgan fingerprint density at radius 2 is 1.31 bits per heavy atom. The molecule has 0 N–H and O–H groups in total. The first-order chi connectivity index (χ1) is 19.2. The lowest BCUT2D eigenvalue weighted by atomic mass is 10.0. The summed E-state index contributed by atoms with van der Waals surface area (Å²) in [7, 11) is -3.30. The molecule has 0 saturated carbocycles. The van der Waals surface area contributed by atoms with E-state index < -0.39 is 7.14 Å². The molecular weight excluding hydrogens is 497 g/mol. The smallest absolute Gasteiger partial charge is 0.179 e. The second-order valence-electron chi connectivity index (χ2n) is 9.88. The molecule has 0 amide bonds. The zero-order valence-corrected chi connectivity index (χ0v) is 21.8. The average Bonchev–Trinajstić information content (AvgIpc) is 3.01. The van der Waals surface area contributed by atoms with Crippen molar-refractivity contribution in [3.63, 3.8) is 0 Å². The Balaban J connectivity index is 1.48. The standard InChI is InChI=1S/C35H22NO2P/c37-39(25-12-2-1-3-13-25)32-20-19-24(26-18-8-10-23-11-9-21-36-33(23)26)22-31(32)38-34-29-16-6-4-14-27(29)28-15-5-7-17-30(28)35(34)39/h1-22H. The highest BCUT2D eigenvalue weighted by Gasteiger charge is 2.41. The minimum absolute atomic E-state index is 0.626. The quantitative estimate of drug-likeness (QED) is 0.172. The van der Waals surface area contributed by atoms with Crippen molar-refractivity contribution >= 4 is 55.5 Å². The first kappa shape index (κ1) is 22.3. The number of para-hydroxylation sites is 1. The lowest BCUT2D eigenvalue weighted by Gasteiger charge is -2.31. The predicted octanol–water partition coefficient (Wildman–Crippen LogP) is 7.95. The van der Waals surface area contributed by atoms with Gasteiger partial charge in [-0.3, -0.25) is 4.98 Å². The summed E-state index contributed by atoms with van der Waals surface area (Å²) in [5.41, 5.74) is 2.92. The molecule has 1 aliphatic rings. The molecule has 0 saturated heterocycles. The summed E-state index contributed by atoms with van der Waals surface area (Å²) in [6, 6.07) is 42.6. The van der Waals surface area contributed by atoms with Crippen LogP contribution in [0.25, 0.3) is 43.6 Å². The molecule has 1 aromatic heterocycles. The minimum atomic E-state index is -3.30. The van der Waals surface area contributed by atoms with E-state index in [-0.39, 0.29) is 0 Å². The molecule has 3 nitrogen and oxygen atoms in total. The van der Waals surface area contributed by atoms with Gasteiger partial charge in [0, 0.05) is 27.8 Å². The summed E-state index contributed by atoms with van der Waals surface area (Å²) in [5.74, 6) is 1.30. The van der Waals surface area contributed by atoms with Gasteiger partial charge in [0.15, 0.2) is 7.14 Å². The van der Waals surface area contributed by atoms with Crippen LogP contribution in [-0.2, 0) is 4.57 Å². The number of nitrogens with zero attached hydrogens (tertiary/aromatic N) is 1. The molecule has 4 heteroatoms. The van der Waals surface area contributed by atoms with Crippen molar-refractivity contribution in [3.05, 3.63) is 134 Å². The van der Waals surface area contributed by atoms with Gasteiger partial charge in [-0.15, -0.1) is 0 Å². The molecule has 1 atom stereocenters. The van der Waals surface area contributed by atoms with Crippen molar-refractivity contribution in [2.24, 2.45) is 0 Å². The topological polar surface area (TPSA) is 39.2 Å². The van der Waals surface area contributed by atoms with Gasteiger partial charge in [-0.2, -0.15) is 0 Å². The summed E-state index contributed by atoms with van der Waals surface area (Å²) in [6.07, 6.45) is 1.82. The summed E-state index contributed by atoms with van der Waals surface area (Å²) in [5, 5.41) is 7.46. The highest BCUT2D eigenvalue weighted by Crippen LogP contribution is 2.55. The molecule has 8 rings (SSSR count). The van der Waals surface area contributed by atoms with Crippen LogP contribution < -0.4 is 20.7 Å². The number of fused-ring (bicyclic) bond motifs is 8. The van der Waals surface area contributed by atoms with Crippen LogP contribution in [0.4, 0.5) is 0 Å². The molecule has 0 bridgehead atoms. The molecule has 184 valence electrons. The van der Waals surface area contributed by atoms with Crippen molar-refractivity contribution in [3.8, 4) is 22.6 Å². The molecule has 0 fully saturated rings. The molecule has 1 unspecified atom stereocenters. The van der Waals surface area contributed by atoms with Crippen molar-refractivity contribution < 1.29 is 9.30 Å². The van der Waals surface area contributed by atoms with E-state index in [0.717, 1.165) is 59.5 Å². The van der Waals surface area contributed by atoms with Gasteiger partial charge in [-0.1, -0.05) is 109 Å².